The summed E-state index contributed by atoms with van der Waals surface area (Å²) in [6.07, 6.45) is 3.04. The third kappa shape index (κ3) is 5.52. The predicted molar refractivity (Wildman–Crippen MR) is 119 cm³/mol. The summed E-state index contributed by atoms with van der Waals surface area (Å²) in [6, 6.07) is 8.88. The van der Waals surface area contributed by atoms with E-state index in [9.17, 15) is 14.9 Å². The van der Waals surface area contributed by atoms with Crippen molar-refractivity contribution >= 4 is 45.4 Å². The third-order valence-electron chi connectivity index (χ3n) is 5.58. The number of likely N-dealkylation sites (tertiary alicyclic amines) is 1. The molecule has 1 aliphatic heterocycles. The molecule has 160 valence electrons. The highest BCUT2D eigenvalue weighted by molar-refractivity contribution is 7.15. The van der Waals surface area contributed by atoms with E-state index in [1.165, 1.54) is 11.3 Å². The monoisotopic (exact) mass is 467 g/mol. The number of carbonyl (C=O) groups excluding carboxylic acids is 1. The Morgan fingerprint density at radius 3 is 2.53 bits per heavy atom. The molecule has 0 N–H and O–H groups in total. The Kier molecular flexibility index (Phi) is 6.63. The SMILES string of the molecule is O=C(C1CC1)N1CCC(CN(Cc2cc(Cl)cc(Cl)c2)Cc2ccc([N+](=O)[O-])s2)C1. The van der Waals surface area contributed by atoms with Crippen LogP contribution < -0.4 is 0 Å². The summed E-state index contributed by atoms with van der Waals surface area (Å²) in [4.78, 5) is 28.3. The van der Waals surface area contributed by atoms with Crippen LogP contribution in [0.15, 0.2) is 30.3 Å². The summed E-state index contributed by atoms with van der Waals surface area (Å²) in [5.74, 6) is 0.942. The number of nitro groups is 1. The van der Waals surface area contributed by atoms with Gasteiger partial charge in [0.05, 0.1) is 4.92 Å². The minimum absolute atomic E-state index is 0.151. The second-order valence-corrected chi connectivity index (χ2v) is 10.2. The summed E-state index contributed by atoms with van der Waals surface area (Å²) in [6.45, 7) is 3.66. The lowest BCUT2D eigenvalue weighted by Gasteiger charge is -2.25. The highest BCUT2D eigenvalue weighted by Crippen LogP contribution is 2.33. The predicted octanol–water partition coefficient (Wildman–Crippen LogP) is 5.22. The van der Waals surface area contributed by atoms with Gasteiger partial charge < -0.3 is 4.90 Å². The molecule has 1 saturated carbocycles. The molecule has 1 aliphatic carbocycles. The summed E-state index contributed by atoms with van der Waals surface area (Å²) >= 11 is 13.5. The molecular weight excluding hydrogens is 445 g/mol. The van der Waals surface area contributed by atoms with E-state index >= 15 is 0 Å². The third-order valence-corrected chi connectivity index (χ3v) is 7.03. The van der Waals surface area contributed by atoms with Crippen LogP contribution in [0.3, 0.4) is 0 Å². The molecule has 9 heteroatoms. The highest BCUT2D eigenvalue weighted by atomic mass is 35.5. The van der Waals surface area contributed by atoms with Crippen LogP contribution in [0.1, 0.15) is 29.7 Å². The zero-order chi connectivity index (χ0) is 21.3. The van der Waals surface area contributed by atoms with Gasteiger partial charge in [0.2, 0.25) is 5.91 Å². The van der Waals surface area contributed by atoms with Crippen LogP contribution in [-0.4, -0.2) is 40.3 Å². The average molecular weight is 468 g/mol. The van der Waals surface area contributed by atoms with Crippen molar-refractivity contribution in [3.63, 3.8) is 0 Å². The molecule has 1 saturated heterocycles. The van der Waals surface area contributed by atoms with Crippen molar-refractivity contribution in [3.8, 4) is 0 Å². The van der Waals surface area contributed by atoms with Gasteiger partial charge >= 0.3 is 5.00 Å². The maximum absolute atomic E-state index is 12.4. The average Bonchev–Trinajstić information content (AvgIpc) is 3.23. The minimum atomic E-state index is -0.354. The Labute approximate surface area is 189 Å². The smallest absolute Gasteiger partial charge is 0.324 e. The van der Waals surface area contributed by atoms with Gasteiger partial charge in [0.1, 0.15) is 0 Å². The summed E-state index contributed by atoms with van der Waals surface area (Å²) in [7, 11) is 0. The number of carbonyl (C=O) groups is 1. The molecule has 0 bridgehead atoms. The van der Waals surface area contributed by atoms with Gasteiger partial charge in [0.25, 0.3) is 0 Å². The lowest BCUT2D eigenvalue weighted by molar-refractivity contribution is -0.380. The number of thiophene rings is 1. The first-order chi connectivity index (χ1) is 14.4. The van der Waals surface area contributed by atoms with Gasteiger partial charge in [-0.15, -0.1) is 0 Å². The van der Waals surface area contributed by atoms with Gasteiger partial charge in [0, 0.05) is 59.6 Å². The number of hydrogen-bond acceptors (Lipinski definition) is 5. The van der Waals surface area contributed by atoms with E-state index in [0.717, 1.165) is 49.3 Å². The quantitative estimate of drug-likeness (QED) is 0.393. The van der Waals surface area contributed by atoms with Crippen molar-refractivity contribution in [1.29, 1.82) is 0 Å². The van der Waals surface area contributed by atoms with Gasteiger partial charge in [-0.3, -0.25) is 19.8 Å². The molecule has 1 amide bonds. The van der Waals surface area contributed by atoms with Crippen LogP contribution in [0.2, 0.25) is 10.0 Å². The molecule has 2 aliphatic rings. The number of nitrogens with zero attached hydrogens (tertiary/aromatic N) is 3. The van der Waals surface area contributed by atoms with E-state index in [2.05, 4.69) is 4.90 Å². The molecule has 0 radical (unpaired) electrons. The first-order valence-electron chi connectivity index (χ1n) is 10.1. The first-order valence-corrected chi connectivity index (χ1v) is 11.6. The topological polar surface area (TPSA) is 66.7 Å². The molecule has 1 aromatic carbocycles. The molecule has 2 aromatic rings. The summed E-state index contributed by atoms with van der Waals surface area (Å²) in [5.41, 5.74) is 1.00. The minimum Gasteiger partial charge on any atom is -0.342 e. The van der Waals surface area contributed by atoms with Crippen molar-refractivity contribution in [1.82, 2.24) is 9.80 Å². The number of rotatable bonds is 8. The lowest BCUT2D eigenvalue weighted by Crippen LogP contribution is -2.33. The van der Waals surface area contributed by atoms with Crippen LogP contribution >= 0.6 is 34.5 Å². The molecule has 1 atom stereocenters. The largest absolute Gasteiger partial charge is 0.342 e. The molecule has 2 heterocycles. The number of hydrogen-bond donors (Lipinski definition) is 0. The fourth-order valence-corrected chi connectivity index (χ4v) is 5.48. The van der Waals surface area contributed by atoms with Crippen molar-refractivity contribution in [2.24, 2.45) is 11.8 Å². The number of amides is 1. The van der Waals surface area contributed by atoms with E-state index in [-0.39, 0.29) is 15.8 Å². The highest BCUT2D eigenvalue weighted by Gasteiger charge is 2.36. The van der Waals surface area contributed by atoms with Crippen LogP contribution in [-0.2, 0) is 17.9 Å². The fourth-order valence-electron chi connectivity index (χ4n) is 4.05. The molecule has 30 heavy (non-hydrogen) atoms. The second-order valence-electron chi connectivity index (χ2n) is 8.16. The normalized spacial score (nSPS) is 18.9. The van der Waals surface area contributed by atoms with E-state index in [1.807, 2.05) is 23.1 Å². The van der Waals surface area contributed by atoms with Crippen molar-refractivity contribution in [2.45, 2.75) is 32.4 Å². The van der Waals surface area contributed by atoms with Crippen LogP contribution in [0.5, 0.6) is 0 Å². The van der Waals surface area contributed by atoms with Gasteiger partial charge in [-0.05, 0) is 55.0 Å². The maximum atomic E-state index is 12.4. The van der Waals surface area contributed by atoms with Crippen LogP contribution in [0, 0.1) is 22.0 Å². The number of halogens is 2. The Bertz CT molecular complexity index is 927. The van der Waals surface area contributed by atoms with E-state index in [4.69, 9.17) is 23.2 Å². The maximum Gasteiger partial charge on any atom is 0.324 e. The zero-order valence-corrected chi connectivity index (χ0v) is 18.8. The van der Waals surface area contributed by atoms with Crippen LogP contribution in [0.4, 0.5) is 5.00 Å². The molecule has 1 unspecified atom stereocenters. The molecule has 2 fully saturated rings. The van der Waals surface area contributed by atoms with E-state index in [0.29, 0.717) is 35.0 Å². The second kappa shape index (κ2) is 9.22. The van der Waals surface area contributed by atoms with E-state index in [1.54, 1.807) is 12.1 Å². The Hall–Kier alpha value is -1.67. The Morgan fingerprint density at radius 1 is 1.17 bits per heavy atom. The fraction of sp³-hybridized carbons (Fsp3) is 0.476. The Morgan fingerprint density at radius 2 is 1.90 bits per heavy atom. The Balaban J connectivity index is 1.46. The summed E-state index contributed by atoms with van der Waals surface area (Å²) < 4.78 is 0. The standard InChI is InChI=1S/C21H23Cl2N3O3S/c22-17-7-15(8-18(23)9-17)11-24(13-19-3-4-20(30-19)26(28)29)10-14-5-6-25(12-14)21(27)16-1-2-16/h3-4,7-9,14,16H,1-2,5-6,10-13H2. The van der Waals surface area contributed by atoms with Gasteiger partial charge in [0.15, 0.2) is 0 Å². The van der Waals surface area contributed by atoms with Crippen molar-refractivity contribution < 1.29 is 9.72 Å². The van der Waals surface area contributed by atoms with Crippen molar-refractivity contribution in [2.75, 3.05) is 19.6 Å². The molecule has 4 rings (SSSR count). The molecular formula is C21H23Cl2N3O3S. The number of benzene rings is 1. The van der Waals surface area contributed by atoms with Crippen LogP contribution in [0.25, 0.3) is 0 Å². The molecule has 6 nitrogen and oxygen atoms in total. The summed E-state index contributed by atoms with van der Waals surface area (Å²) in [5, 5.41) is 12.4. The van der Waals surface area contributed by atoms with Gasteiger partial charge in [-0.25, -0.2) is 0 Å². The van der Waals surface area contributed by atoms with Gasteiger partial charge in [-0.1, -0.05) is 34.5 Å². The van der Waals surface area contributed by atoms with Gasteiger partial charge in [-0.2, -0.15) is 0 Å². The van der Waals surface area contributed by atoms with E-state index < -0.39 is 0 Å². The zero-order valence-electron chi connectivity index (χ0n) is 16.4. The first kappa shape index (κ1) is 21.6. The molecule has 0 spiro atoms. The van der Waals surface area contributed by atoms with Crippen molar-refractivity contribution in [3.05, 3.63) is 60.9 Å². The molecule has 1 aromatic heterocycles. The lowest BCUT2D eigenvalue weighted by atomic mass is 10.1.